The van der Waals surface area contributed by atoms with Gasteiger partial charge in [-0.15, -0.1) is 0 Å². The number of phenols is 3. The van der Waals surface area contributed by atoms with Crippen molar-refractivity contribution in [3.63, 3.8) is 0 Å². The van der Waals surface area contributed by atoms with E-state index in [9.17, 15) is 50.4 Å². The van der Waals surface area contributed by atoms with Crippen LogP contribution in [-0.4, -0.2) is 115 Å². The number of carbonyl (C=O) groups excluding carboxylic acids is 1. The number of benzene rings is 2. The third-order valence-electron chi connectivity index (χ3n) is 7.47. The second kappa shape index (κ2) is 12.8. The monoisotopic (exact) mass is 636 g/mol. The zero-order valence-corrected chi connectivity index (χ0v) is 23.8. The second-order valence-corrected chi connectivity index (χ2v) is 10.7. The molecule has 0 saturated carbocycles. The molecule has 0 amide bonds. The summed E-state index contributed by atoms with van der Waals surface area (Å²) in [6, 6.07) is 7.40. The Hall–Kier alpha value is -4.00. The van der Waals surface area contributed by atoms with Crippen molar-refractivity contribution < 1.29 is 73.7 Å². The van der Waals surface area contributed by atoms with Crippen molar-refractivity contribution in [2.45, 2.75) is 75.3 Å². The fourth-order valence-electron chi connectivity index (χ4n) is 5.11. The molecule has 16 nitrogen and oxygen atoms in total. The van der Waals surface area contributed by atoms with Crippen LogP contribution in [0.1, 0.15) is 13.8 Å². The Balaban J connectivity index is 1.41. The summed E-state index contributed by atoms with van der Waals surface area (Å²) in [6.07, 6.45) is -16.2. The second-order valence-electron chi connectivity index (χ2n) is 10.7. The Morgan fingerprint density at radius 3 is 2.18 bits per heavy atom. The summed E-state index contributed by atoms with van der Waals surface area (Å²) in [7, 11) is 0. The maximum absolute atomic E-state index is 13.6. The Morgan fingerprint density at radius 2 is 1.51 bits per heavy atom. The lowest BCUT2D eigenvalue weighted by Crippen LogP contribution is -2.64. The van der Waals surface area contributed by atoms with Crippen LogP contribution in [0, 0.1) is 0 Å². The summed E-state index contributed by atoms with van der Waals surface area (Å²) in [5, 5.41) is 82.6. The van der Waals surface area contributed by atoms with Crippen LogP contribution in [0.25, 0.3) is 22.3 Å². The molecule has 3 heterocycles. The van der Waals surface area contributed by atoms with E-state index < -0.39 is 96.7 Å². The zero-order valence-electron chi connectivity index (χ0n) is 23.8. The van der Waals surface area contributed by atoms with E-state index in [0.29, 0.717) is 0 Å². The standard InChI is InChI=1S/C29H32O16/c1-10-25(44-29-23(38)21(36)19(34)17(43-29)9-40-11(2)30)22(37)24(39)28(41-10)45-27-20(35)18-15(33)7-14(32)8-16(18)42-26(27)12-3-5-13(31)6-4-12/h3-8,10,17,19,21-25,28-29,31-34,36-39H,9H2,1-2H3/t10-,17+,19+,21-,22-,23+,24+,25-,28+,29-/m1/s1. The Bertz CT molecular complexity index is 1590. The lowest BCUT2D eigenvalue weighted by Gasteiger charge is -2.45. The number of aliphatic hydroxyl groups excluding tert-OH is 5. The highest BCUT2D eigenvalue weighted by Crippen LogP contribution is 2.38. The molecule has 5 rings (SSSR count). The van der Waals surface area contributed by atoms with Crippen molar-refractivity contribution in [2.24, 2.45) is 0 Å². The minimum absolute atomic E-state index is 0.0968. The van der Waals surface area contributed by atoms with Gasteiger partial charge in [0.2, 0.25) is 17.5 Å². The molecule has 2 aromatic carbocycles. The highest BCUT2D eigenvalue weighted by molar-refractivity contribution is 5.88. The molecule has 2 aliphatic rings. The number of fused-ring (bicyclic) bond motifs is 1. The predicted octanol–water partition coefficient (Wildman–Crippen LogP) is -0.822. The zero-order chi connectivity index (χ0) is 32.7. The highest BCUT2D eigenvalue weighted by atomic mass is 16.7. The first-order chi connectivity index (χ1) is 21.3. The Kier molecular flexibility index (Phi) is 9.20. The van der Waals surface area contributed by atoms with E-state index in [0.717, 1.165) is 19.1 Å². The van der Waals surface area contributed by atoms with Gasteiger partial charge >= 0.3 is 5.97 Å². The molecule has 244 valence electrons. The minimum atomic E-state index is -1.91. The normalized spacial score (nSPS) is 31.9. The topological polar surface area (TPSA) is 255 Å². The molecule has 0 unspecified atom stereocenters. The first-order valence-corrected chi connectivity index (χ1v) is 13.8. The van der Waals surface area contributed by atoms with Gasteiger partial charge in [0.05, 0.1) is 6.10 Å². The third kappa shape index (κ3) is 6.40. The highest BCUT2D eigenvalue weighted by Gasteiger charge is 2.50. The Labute approximate surface area is 253 Å². The minimum Gasteiger partial charge on any atom is -0.508 e. The van der Waals surface area contributed by atoms with Crippen LogP contribution >= 0.6 is 0 Å². The predicted molar refractivity (Wildman–Crippen MR) is 148 cm³/mol. The number of carbonyl (C=O) groups is 1. The van der Waals surface area contributed by atoms with Gasteiger partial charge in [-0.3, -0.25) is 9.59 Å². The largest absolute Gasteiger partial charge is 0.508 e. The van der Waals surface area contributed by atoms with E-state index in [1.165, 1.54) is 31.2 Å². The molecule has 0 bridgehead atoms. The lowest BCUT2D eigenvalue weighted by atomic mass is 9.97. The molecule has 0 radical (unpaired) electrons. The molecule has 0 aliphatic carbocycles. The molecule has 3 aromatic rings. The summed E-state index contributed by atoms with van der Waals surface area (Å²) in [5.74, 6) is -2.58. The average molecular weight is 637 g/mol. The summed E-state index contributed by atoms with van der Waals surface area (Å²) in [6.45, 7) is 2.05. The van der Waals surface area contributed by atoms with Crippen molar-refractivity contribution in [3.05, 3.63) is 46.6 Å². The Morgan fingerprint density at radius 1 is 0.844 bits per heavy atom. The quantitative estimate of drug-likeness (QED) is 0.147. The van der Waals surface area contributed by atoms with E-state index >= 15 is 0 Å². The number of hydrogen-bond acceptors (Lipinski definition) is 16. The van der Waals surface area contributed by atoms with Crippen molar-refractivity contribution in [1.82, 2.24) is 0 Å². The van der Waals surface area contributed by atoms with Gasteiger partial charge in [-0.25, -0.2) is 0 Å². The van der Waals surface area contributed by atoms with Gasteiger partial charge in [0.25, 0.3) is 0 Å². The number of rotatable bonds is 7. The van der Waals surface area contributed by atoms with Crippen LogP contribution in [0.3, 0.4) is 0 Å². The molecule has 10 atom stereocenters. The average Bonchev–Trinajstić information content (AvgIpc) is 2.98. The van der Waals surface area contributed by atoms with Crippen LogP contribution in [0.2, 0.25) is 0 Å². The molecule has 0 spiro atoms. The number of hydrogen-bond donors (Lipinski definition) is 8. The van der Waals surface area contributed by atoms with Crippen molar-refractivity contribution in [3.8, 4) is 34.3 Å². The molecule has 2 aliphatic heterocycles. The van der Waals surface area contributed by atoms with E-state index in [1.54, 1.807) is 0 Å². The van der Waals surface area contributed by atoms with Gasteiger partial charge < -0.3 is 69.0 Å². The van der Waals surface area contributed by atoms with E-state index in [2.05, 4.69) is 0 Å². The lowest BCUT2D eigenvalue weighted by molar-refractivity contribution is -0.349. The molecule has 2 saturated heterocycles. The van der Waals surface area contributed by atoms with E-state index in [1.807, 2.05) is 0 Å². The fraction of sp³-hybridized carbons (Fsp3) is 0.448. The van der Waals surface area contributed by atoms with Gasteiger partial charge in [-0.2, -0.15) is 0 Å². The van der Waals surface area contributed by atoms with Crippen LogP contribution < -0.4 is 10.2 Å². The van der Waals surface area contributed by atoms with Gasteiger partial charge in [0, 0.05) is 24.6 Å². The number of esters is 1. The van der Waals surface area contributed by atoms with Gasteiger partial charge in [-0.1, -0.05) is 0 Å². The molecule has 8 N–H and O–H groups in total. The van der Waals surface area contributed by atoms with Crippen molar-refractivity contribution >= 4 is 16.9 Å². The van der Waals surface area contributed by atoms with Crippen molar-refractivity contribution in [1.29, 1.82) is 0 Å². The maximum Gasteiger partial charge on any atom is 0.302 e. The fourth-order valence-corrected chi connectivity index (χ4v) is 5.11. The van der Waals surface area contributed by atoms with E-state index in [-0.39, 0.29) is 28.0 Å². The van der Waals surface area contributed by atoms with Crippen LogP contribution in [0.15, 0.2) is 45.6 Å². The van der Waals surface area contributed by atoms with Gasteiger partial charge in [0.1, 0.15) is 77.6 Å². The summed E-state index contributed by atoms with van der Waals surface area (Å²) >= 11 is 0. The van der Waals surface area contributed by atoms with Gasteiger partial charge in [-0.05, 0) is 31.2 Å². The van der Waals surface area contributed by atoms with Crippen LogP contribution in [0.4, 0.5) is 0 Å². The SMILES string of the molecule is CC(=O)OC[C@@H]1O[C@H](O[C@H]2[C@H](O)[C@H](O)[C@H](Oc3c(-c4ccc(O)cc4)oc4cc(O)cc(O)c4c3=O)O[C@@H]2C)[C@@H](O)[C@H](O)[C@H]1O. The molecular weight excluding hydrogens is 604 g/mol. The molecule has 1 aromatic heterocycles. The summed E-state index contributed by atoms with van der Waals surface area (Å²) in [5.41, 5.74) is -0.902. The first-order valence-electron chi connectivity index (χ1n) is 13.8. The van der Waals surface area contributed by atoms with Crippen LogP contribution in [-0.2, 0) is 23.7 Å². The first kappa shape index (κ1) is 32.4. The number of aromatic hydroxyl groups is 3. The number of aliphatic hydroxyl groups is 5. The van der Waals surface area contributed by atoms with Gasteiger partial charge in [0.15, 0.2) is 12.1 Å². The van der Waals surface area contributed by atoms with E-state index in [4.69, 9.17) is 28.1 Å². The molecule has 45 heavy (non-hydrogen) atoms. The summed E-state index contributed by atoms with van der Waals surface area (Å²) < 4.78 is 33.3. The number of phenolic OH excluding ortho intramolecular Hbond substituents is 3. The molecule has 2 fully saturated rings. The summed E-state index contributed by atoms with van der Waals surface area (Å²) in [4.78, 5) is 24.8. The number of ether oxygens (including phenoxy) is 5. The molecular formula is C29H32O16. The smallest absolute Gasteiger partial charge is 0.302 e. The third-order valence-corrected chi connectivity index (χ3v) is 7.47. The van der Waals surface area contributed by atoms with Crippen LogP contribution in [0.5, 0.6) is 23.0 Å². The molecule has 16 heteroatoms. The maximum atomic E-state index is 13.6. The van der Waals surface area contributed by atoms with Crippen molar-refractivity contribution in [2.75, 3.05) is 6.61 Å².